The molecule has 0 heterocycles. The lowest BCUT2D eigenvalue weighted by Gasteiger charge is -2.11. The van der Waals surface area contributed by atoms with Crippen LogP contribution in [0.4, 0.5) is 8.92 Å². The SMILES string of the molecule is CC(CCCC(=O)OF)c1ccccc1F. The third-order valence-corrected chi connectivity index (χ3v) is 2.54. The minimum absolute atomic E-state index is 0.00797. The van der Waals surface area contributed by atoms with Crippen LogP contribution in [0, 0.1) is 5.82 Å². The second kappa shape index (κ2) is 6.20. The fourth-order valence-electron chi connectivity index (χ4n) is 1.62. The summed E-state index contributed by atoms with van der Waals surface area (Å²) in [7, 11) is 0. The Bertz CT molecular complexity index is 353. The molecule has 0 aliphatic rings. The average molecular weight is 228 g/mol. The molecule has 0 fully saturated rings. The smallest absolute Gasteiger partial charge is 0.255 e. The van der Waals surface area contributed by atoms with Crippen molar-refractivity contribution < 1.29 is 18.7 Å². The van der Waals surface area contributed by atoms with E-state index < -0.39 is 5.97 Å². The van der Waals surface area contributed by atoms with Gasteiger partial charge in [0.15, 0.2) is 0 Å². The van der Waals surface area contributed by atoms with Crippen molar-refractivity contribution in [1.29, 1.82) is 0 Å². The number of carbonyl (C=O) groups excluding carboxylic acids is 1. The lowest BCUT2D eigenvalue weighted by molar-refractivity contribution is -0.183. The number of rotatable bonds is 5. The Morgan fingerprint density at radius 3 is 2.75 bits per heavy atom. The fraction of sp³-hybridized carbons (Fsp3) is 0.417. The van der Waals surface area contributed by atoms with E-state index in [0.717, 1.165) is 0 Å². The van der Waals surface area contributed by atoms with Crippen LogP contribution in [0.1, 0.15) is 37.7 Å². The highest BCUT2D eigenvalue weighted by Crippen LogP contribution is 2.23. The summed E-state index contributed by atoms with van der Waals surface area (Å²) >= 11 is 0. The van der Waals surface area contributed by atoms with Crippen LogP contribution in [0.15, 0.2) is 24.3 Å². The second-order valence-electron chi connectivity index (χ2n) is 3.76. The molecule has 0 radical (unpaired) electrons. The molecule has 0 saturated carbocycles. The van der Waals surface area contributed by atoms with Gasteiger partial charge in [0.2, 0.25) is 0 Å². The van der Waals surface area contributed by atoms with Crippen molar-refractivity contribution in [3.8, 4) is 0 Å². The van der Waals surface area contributed by atoms with Gasteiger partial charge in [-0.15, -0.1) is 0 Å². The number of halogens is 2. The summed E-state index contributed by atoms with van der Waals surface area (Å²) in [5, 5.41) is 0. The molecule has 1 atom stereocenters. The monoisotopic (exact) mass is 228 g/mol. The zero-order valence-electron chi connectivity index (χ0n) is 9.08. The van der Waals surface area contributed by atoms with Crippen LogP contribution in [0.3, 0.4) is 0 Å². The van der Waals surface area contributed by atoms with Gasteiger partial charge >= 0.3 is 5.97 Å². The first-order valence-electron chi connectivity index (χ1n) is 5.21. The molecule has 0 N–H and O–H groups in total. The van der Waals surface area contributed by atoms with Crippen LogP contribution < -0.4 is 0 Å². The van der Waals surface area contributed by atoms with E-state index in [4.69, 9.17) is 0 Å². The van der Waals surface area contributed by atoms with E-state index in [2.05, 4.69) is 4.94 Å². The van der Waals surface area contributed by atoms with Gasteiger partial charge < -0.3 is 0 Å². The van der Waals surface area contributed by atoms with E-state index in [0.29, 0.717) is 18.4 Å². The number of hydrogen-bond acceptors (Lipinski definition) is 2. The van der Waals surface area contributed by atoms with Crippen molar-refractivity contribution in [2.45, 2.75) is 32.1 Å². The Kier molecular flexibility index (Phi) is 4.89. The fourth-order valence-corrected chi connectivity index (χ4v) is 1.62. The van der Waals surface area contributed by atoms with E-state index >= 15 is 0 Å². The van der Waals surface area contributed by atoms with Gasteiger partial charge in [0.1, 0.15) is 5.82 Å². The highest BCUT2D eigenvalue weighted by Gasteiger charge is 2.11. The van der Waals surface area contributed by atoms with Crippen molar-refractivity contribution >= 4 is 5.97 Å². The second-order valence-corrected chi connectivity index (χ2v) is 3.76. The Labute approximate surface area is 93.1 Å². The predicted octanol–water partition coefficient (Wildman–Crippen LogP) is 3.53. The summed E-state index contributed by atoms with van der Waals surface area (Å²) in [5.41, 5.74) is 0.621. The quantitative estimate of drug-likeness (QED) is 0.770. The van der Waals surface area contributed by atoms with E-state index in [-0.39, 0.29) is 18.2 Å². The van der Waals surface area contributed by atoms with Crippen LogP contribution in [0.5, 0.6) is 0 Å². The van der Waals surface area contributed by atoms with Crippen LogP contribution in [-0.4, -0.2) is 5.97 Å². The normalized spacial score (nSPS) is 12.2. The minimum Gasteiger partial charge on any atom is -0.255 e. The highest BCUT2D eigenvalue weighted by atomic mass is 19.3. The molecular formula is C12H14F2O2. The molecule has 0 aliphatic heterocycles. The maximum absolute atomic E-state index is 13.3. The van der Waals surface area contributed by atoms with E-state index in [9.17, 15) is 13.7 Å². The van der Waals surface area contributed by atoms with Gasteiger partial charge in [-0.2, -0.15) is 0 Å². The summed E-state index contributed by atoms with van der Waals surface area (Å²) in [6.45, 7) is 1.87. The standard InChI is InChI=1S/C12H14F2O2/c1-9(5-4-8-12(15)16-14)10-6-2-3-7-11(10)13/h2-3,6-7,9H,4-5,8H2,1H3. The van der Waals surface area contributed by atoms with E-state index in [1.165, 1.54) is 6.07 Å². The average Bonchev–Trinajstić information content (AvgIpc) is 2.29. The van der Waals surface area contributed by atoms with Crippen LogP contribution in [-0.2, 0) is 9.74 Å². The molecule has 1 rings (SSSR count). The molecule has 1 aromatic carbocycles. The molecular weight excluding hydrogens is 214 g/mol. The largest absolute Gasteiger partial charge is 0.348 e. The molecule has 4 heteroatoms. The molecule has 0 spiro atoms. The first-order valence-corrected chi connectivity index (χ1v) is 5.21. The molecule has 0 bridgehead atoms. The van der Waals surface area contributed by atoms with E-state index in [1.54, 1.807) is 18.2 Å². The van der Waals surface area contributed by atoms with E-state index in [1.807, 2.05) is 6.92 Å². The Morgan fingerprint density at radius 2 is 2.12 bits per heavy atom. The van der Waals surface area contributed by atoms with Gasteiger partial charge in [-0.1, -0.05) is 25.1 Å². The molecule has 2 nitrogen and oxygen atoms in total. The summed E-state index contributed by atoms with van der Waals surface area (Å²) < 4.78 is 24.7. The maximum atomic E-state index is 13.3. The third-order valence-electron chi connectivity index (χ3n) is 2.54. The van der Waals surface area contributed by atoms with Crippen LogP contribution in [0.2, 0.25) is 0 Å². The van der Waals surface area contributed by atoms with Gasteiger partial charge in [-0.25, -0.2) is 9.18 Å². The summed E-state index contributed by atoms with van der Waals surface area (Å²) in [5.74, 6) is -1.11. The summed E-state index contributed by atoms with van der Waals surface area (Å²) in [4.78, 5) is 13.6. The Hall–Kier alpha value is -1.45. The Balaban J connectivity index is 2.44. The van der Waals surface area contributed by atoms with Crippen molar-refractivity contribution in [2.75, 3.05) is 0 Å². The molecule has 0 saturated heterocycles. The summed E-state index contributed by atoms with van der Waals surface area (Å²) in [6, 6.07) is 6.52. The zero-order valence-corrected chi connectivity index (χ0v) is 9.08. The molecule has 0 aromatic heterocycles. The number of carbonyl (C=O) groups is 1. The first-order chi connectivity index (χ1) is 7.65. The van der Waals surface area contributed by atoms with Crippen molar-refractivity contribution in [2.24, 2.45) is 0 Å². The van der Waals surface area contributed by atoms with Gasteiger partial charge in [0.25, 0.3) is 0 Å². The molecule has 1 unspecified atom stereocenters. The topological polar surface area (TPSA) is 26.3 Å². The van der Waals surface area contributed by atoms with Gasteiger partial charge in [-0.05, 0) is 30.4 Å². The summed E-state index contributed by atoms with van der Waals surface area (Å²) in [6.07, 6.45) is 1.13. The number of benzene rings is 1. The minimum atomic E-state index is -0.874. The van der Waals surface area contributed by atoms with Crippen LogP contribution >= 0.6 is 0 Å². The molecule has 88 valence electrons. The van der Waals surface area contributed by atoms with Crippen molar-refractivity contribution in [3.05, 3.63) is 35.6 Å². The first kappa shape index (κ1) is 12.6. The third kappa shape index (κ3) is 3.61. The van der Waals surface area contributed by atoms with Crippen molar-refractivity contribution in [1.82, 2.24) is 0 Å². The maximum Gasteiger partial charge on any atom is 0.348 e. The van der Waals surface area contributed by atoms with Crippen LogP contribution in [0.25, 0.3) is 0 Å². The predicted molar refractivity (Wildman–Crippen MR) is 55.9 cm³/mol. The molecule has 1 aromatic rings. The van der Waals surface area contributed by atoms with Gasteiger partial charge in [0, 0.05) is 10.9 Å². The van der Waals surface area contributed by atoms with Gasteiger partial charge in [0.05, 0.1) is 0 Å². The lowest BCUT2D eigenvalue weighted by atomic mass is 9.95. The molecule has 16 heavy (non-hydrogen) atoms. The molecule has 0 aliphatic carbocycles. The Morgan fingerprint density at radius 1 is 1.44 bits per heavy atom. The molecule has 0 amide bonds. The van der Waals surface area contributed by atoms with Crippen molar-refractivity contribution in [3.63, 3.8) is 0 Å². The lowest BCUT2D eigenvalue weighted by Crippen LogP contribution is -2.01. The zero-order chi connectivity index (χ0) is 12.0. The number of hydrogen-bond donors (Lipinski definition) is 0. The van der Waals surface area contributed by atoms with Gasteiger partial charge in [-0.3, -0.25) is 4.94 Å². The highest BCUT2D eigenvalue weighted by molar-refractivity contribution is 5.68.